The molecule has 0 fully saturated rings. The van der Waals surface area contributed by atoms with Gasteiger partial charge in [-0.05, 0) is 30.5 Å². The van der Waals surface area contributed by atoms with Gasteiger partial charge in [0.25, 0.3) is 0 Å². The summed E-state index contributed by atoms with van der Waals surface area (Å²) in [7, 11) is 3.80. The van der Waals surface area contributed by atoms with E-state index in [4.69, 9.17) is 11.6 Å². The number of carbonyl (C=O) groups is 1. The van der Waals surface area contributed by atoms with Gasteiger partial charge in [0.15, 0.2) is 0 Å². The Morgan fingerprint density at radius 1 is 1.23 bits per heavy atom. The van der Waals surface area contributed by atoms with Gasteiger partial charge in [-0.1, -0.05) is 29.8 Å². The second kappa shape index (κ2) is 8.01. The van der Waals surface area contributed by atoms with Crippen molar-refractivity contribution >= 4 is 51.7 Å². The smallest absolute Gasteiger partial charge is 0.244 e. The number of amides is 1. The number of nitrogens with one attached hydrogen (secondary N) is 1. The molecule has 1 amide bonds. The highest BCUT2D eigenvalue weighted by Crippen LogP contribution is 2.32. The average Bonchev–Trinajstić information content (AvgIpc) is 2.92. The lowest BCUT2D eigenvalue weighted by molar-refractivity contribution is -0.116. The van der Waals surface area contributed by atoms with Crippen molar-refractivity contribution in [2.75, 3.05) is 30.6 Å². The van der Waals surface area contributed by atoms with Crippen LogP contribution in [0.3, 0.4) is 0 Å². The van der Waals surface area contributed by atoms with Crippen molar-refractivity contribution in [1.82, 2.24) is 9.55 Å². The maximum Gasteiger partial charge on any atom is 0.244 e. The minimum Gasteiger partial charge on any atom is -0.375 e. The molecule has 0 aliphatic heterocycles. The summed E-state index contributed by atoms with van der Waals surface area (Å²) in [6.07, 6.45) is 2.03. The van der Waals surface area contributed by atoms with Gasteiger partial charge in [0.2, 0.25) is 5.91 Å². The first-order valence-electron chi connectivity index (χ1n) is 8.20. The molecule has 0 spiro atoms. The largest absolute Gasteiger partial charge is 0.375 e. The molecule has 0 atom stereocenters. The van der Waals surface area contributed by atoms with E-state index in [9.17, 15) is 4.79 Å². The Morgan fingerprint density at radius 3 is 2.73 bits per heavy atom. The summed E-state index contributed by atoms with van der Waals surface area (Å²) in [6, 6.07) is 13.4. The molecule has 1 N–H and O–H groups in total. The summed E-state index contributed by atoms with van der Waals surface area (Å²) in [5, 5.41) is 3.59. The molecule has 3 aromatic rings. The first-order valence-corrected chi connectivity index (χ1v) is 9.97. The Kier molecular flexibility index (Phi) is 5.74. The number of halogens is 1. The van der Waals surface area contributed by atoms with Crippen LogP contribution in [0.2, 0.25) is 5.02 Å². The number of nitrogens with zero attached hydrogens (tertiary/aromatic N) is 3. The van der Waals surface area contributed by atoms with Gasteiger partial charge in [0.1, 0.15) is 12.4 Å². The van der Waals surface area contributed by atoms with Gasteiger partial charge in [-0.2, -0.15) is 11.8 Å². The summed E-state index contributed by atoms with van der Waals surface area (Å²) >= 11 is 7.97. The van der Waals surface area contributed by atoms with Crippen molar-refractivity contribution in [2.45, 2.75) is 12.3 Å². The molecular formula is C19H21ClN4OS. The second-order valence-corrected chi connectivity index (χ2v) is 7.39. The molecule has 2 aromatic carbocycles. The molecule has 5 nitrogen and oxygen atoms in total. The van der Waals surface area contributed by atoms with Gasteiger partial charge in [-0.3, -0.25) is 4.79 Å². The highest BCUT2D eigenvalue weighted by atomic mass is 35.5. The van der Waals surface area contributed by atoms with Gasteiger partial charge in [-0.25, -0.2) is 4.98 Å². The van der Waals surface area contributed by atoms with E-state index >= 15 is 0 Å². The number of imidazole rings is 1. The summed E-state index contributed by atoms with van der Waals surface area (Å²) in [4.78, 5) is 19.3. The topological polar surface area (TPSA) is 50.2 Å². The average molecular weight is 389 g/mol. The van der Waals surface area contributed by atoms with E-state index in [1.807, 2.05) is 72.3 Å². The molecular weight excluding hydrogens is 368 g/mol. The highest BCUT2D eigenvalue weighted by molar-refractivity contribution is 7.97. The van der Waals surface area contributed by atoms with E-state index in [2.05, 4.69) is 10.3 Å². The highest BCUT2D eigenvalue weighted by Gasteiger charge is 2.16. The first-order chi connectivity index (χ1) is 12.5. The van der Waals surface area contributed by atoms with Gasteiger partial charge >= 0.3 is 0 Å². The Bertz CT molecular complexity index is 938. The van der Waals surface area contributed by atoms with Crippen molar-refractivity contribution in [1.29, 1.82) is 0 Å². The van der Waals surface area contributed by atoms with Crippen molar-refractivity contribution in [3.8, 4) is 0 Å². The standard InChI is InChI=1S/C19H21ClN4OS/c1-23(2)19-13(20)7-6-9-15(19)22-18(25)11-24-16-10-5-4-8-14(16)21-17(24)12-26-3/h4-10H,11-12H2,1-3H3,(H,22,25). The van der Waals surface area contributed by atoms with E-state index in [0.717, 1.165) is 28.3 Å². The molecule has 1 aromatic heterocycles. The Labute approximate surface area is 162 Å². The number of carbonyl (C=O) groups excluding carboxylic acids is 1. The molecule has 0 bridgehead atoms. The Balaban J connectivity index is 1.89. The summed E-state index contributed by atoms with van der Waals surface area (Å²) in [5.74, 6) is 1.54. The fourth-order valence-corrected chi connectivity index (χ4v) is 3.77. The molecule has 3 rings (SSSR count). The fraction of sp³-hybridized carbons (Fsp3) is 0.263. The predicted octanol–water partition coefficient (Wildman–Crippen LogP) is 4.26. The fourth-order valence-electron chi connectivity index (χ4n) is 2.95. The lowest BCUT2D eigenvalue weighted by Crippen LogP contribution is -2.22. The Hall–Kier alpha value is -2.18. The molecule has 7 heteroatoms. The van der Waals surface area contributed by atoms with E-state index < -0.39 is 0 Å². The molecule has 0 radical (unpaired) electrons. The van der Waals surface area contributed by atoms with Crippen LogP contribution in [0.15, 0.2) is 42.5 Å². The van der Waals surface area contributed by atoms with Crippen LogP contribution >= 0.6 is 23.4 Å². The maximum absolute atomic E-state index is 12.7. The quantitative estimate of drug-likeness (QED) is 0.685. The van der Waals surface area contributed by atoms with Crippen molar-refractivity contribution in [3.05, 3.63) is 53.3 Å². The number of para-hydroxylation sites is 3. The van der Waals surface area contributed by atoms with E-state index in [1.54, 1.807) is 11.8 Å². The van der Waals surface area contributed by atoms with Crippen LogP contribution in [0, 0.1) is 0 Å². The van der Waals surface area contributed by atoms with Crippen LogP contribution in [0.4, 0.5) is 11.4 Å². The van der Waals surface area contributed by atoms with Crippen LogP contribution in [0.1, 0.15) is 5.82 Å². The lowest BCUT2D eigenvalue weighted by Gasteiger charge is -2.19. The number of benzene rings is 2. The van der Waals surface area contributed by atoms with Crippen LogP contribution in [0.5, 0.6) is 0 Å². The first kappa shape index (κ1) is 18.6. The van der Waals surface area contributed by atoms with Crippen molar-refractivity contribution < 1.29 is 4.79 Å². The third kappa shape index (κ3) is 3.81. The number of aromatic nitrogens is 2. The number of fused-ring (bicyclic) bond motifs is 1. The molecule has 0 saturated carbocycles. The molecule has 136 valence electrons. The molecule has 1 heterocycles. The zero-order valence-corrected chi connectivity index (χ0v) is 16.6. The zero-order chi connectivity index (χ0) is 18.7. The molecule has 0 aliphatic rings. The SMILES string of the molecule is CSCc1nc2ccccc2n1CC(=O)Nc1cccc(Cl)c1N(C)C. The van der Waals surface area contributed by atoms with Crippen LogP contribution < -0.4 is 10.2 Å². The molecule has 0 saturated heterocycles. The van der Waals surface area contributed by atoms with Crippen molar-refractivity contribution in [2.24, 2.45) is 0 Å². The van der Waals surface area contributed by atoms with Crippen LogP contribution in [-0.4, -0.2) is 35.8 Å². The lowest BCUT2D eigenvalue weighted by atomic mass is 10.2. The minimum atomic E-state index is -0.110. The summed E-state index contributed by atoms with van der Waals surface area (Å²) in [5.41, 5.74) is 3.36. The molecule has 0 unspecified atom stereocenters. The molecule has 26 heavy (non-hydrogen) atoms. The van der Waals surface area contributed by atoms with Crippen LogP contribution in [-0.2, 0) is 17.1 Å². The number of hydrogen-bond donors (Lipinski definition) is 1. The maximum atomic E-state index is 12.7. The zero-order valence-electron chi connectivity index (χ0n) is 15.0. The summed E-state index contributed by atoms with van der Waals surface area (Å²) < 4.78 is 1.97. The second-order valence-electron chi connectivity index (χ2n) is 6.11. The van der Waals surface area contributed by atoms with E-state index in [1.165, 1.54) is 0 Å². The monoisotopic (exact) mass is 388 g/mol. The number of hydrogen-bond acceptors (Lipinski definition) is 4. The van der Waals surface area contributed by atoms with Gasteiger partial charge in [0, 0.05) is 14.1 Å². The van der Waals surface area contributed by atoms with E-state index in [-0.39, 0.29) is 12.5 Å². The van der Waals surface area contributed by atoms with Crippen LogP contribution in [0.25, 0.3) is 11.0 Å². The minimum absolute atomic E-state index is 0.110. The van der Waals surface area contributed by atoms with Gasteiger partial charge < -0.3 is 14.8 Å². The van der Waals surface area contributed by atoms with Gasteiger partial charge in [-0.15, -0.1) is 0 Å². The predicted molar refractivity (Wildman–Crippen MR) is 111 cm³/mol. The van der Waals surface area contributed by atoms with Gasteiger partial charge in [0.05, 0.1) is 33.2 Å². The number of thioether (sulfide) groups is 1. The number of anilines is 2. The normalized spacial score (nSPS) is 10.9. The Morgan fingerprint density at radius 2 is 2.00 bits per heavy atom. The number of rotatable bonds is 6. The third-order valence-corrected chi connectivity index (χ3v) is 4.87. The van der Waals surface area contributed by atoms with Crippen molar-refractivity contribution in [3.63, 3.8) is 0 Å². The summed E-state index contributed by atoms with van der Waals surface area (Å²) in [6.45, 7) is 0.204. The van der Waals surface area contributed by atoms with E-state index in [0.29, 0.717) is 10.7 Å². The molecule has 0 aliphatic carbocycles. The third-order valence-electron chi connectivity index (χ3n) is 4.02.